The molecule has 1 saturated heterocycles. The van der Waals surface area contributed by atoms with Crippen LogP contribution in [0.15, 0.2) is 77.4 Å². The van der Waals surface area contributed by atoms with E-state index in [1.807, 2.05) is 30.3 Å². The molecule has 0 radical (unpaired) electrons. The summed E-state index contributed by atoms with van der Waals surface area (Å²) in [5, 5.41) is 3.90. The lowest BCUT2D eigenvalue weighted by molar-refractivity contribution is -0.126. The number of amides is 1. The minimum Gasteiger partial charge on any atom is -0.469 e. The lowest BCUT2D eigenvalue weighted by atomic mass is 9.67. The lowest BCUT2D eigenvalue weighted by Crippen LogP contribution is -2.46. The quantitative estimate of drug-likeness (QED) is 0.372. The molecule has 0 aliphatic carbocycles. The summed E-state index contributed by atoms with van der Waals surface area (Å²) in [6.07, 6.45) is 5.45. The molecule has 2 unspecified atom stereocenters. The topological polar surface area (TPSA) is 51.5 Å². The van der Waals surface area contributed by atoms with Crippen molar-refractivity contribution in [3.63, 3.8) is 0 Å². The van der Waals surface area contributed by atoms with Crippen molar-refractivity contribution in [2.45, 2.75) is 62.9 Å². The first-order chi connectivity index (χ1) is 16.4. The standard InChI is InChI=1S/C29H34ClNO3/c1-28(2)21-29(15-18-34-28,24-10-12-25(30)13-11-24)20-27(32)31-16-14-23(26-9-6-17-33-26)19-22-7-4-3-5-8-22/h3-13,17,23H,14-16,18-21H2,1-2H3,(H,31,32). The van der Waals surface area contributed by atoms with E-state index in [9.17, 15) is 4.79 Å². The second kappa shape index (κ2) is 10.8. The Hall–Kier alpha value is -2.56. The number of furan rings is 1. The zero-order chi connectivity index (χ0) is 24.0. The highest BCUT2D eigenvalue weighted by atomic mass is 35.5. The van der Waals surface area contributed by atoms with E-state index < -0.39 is 0 Å². The van der Waals surface area contributed by atoms with Crippen LogP contribution in [0.25, 0.3) is 0 Å². The molecule has 1 fully saturated rings. The van der Waals surface area contributed by atoms with Crippen molar-refractivity contribution >= 4 is 17.5 Å². The third kappa shape index (κ3) is 6.31. The Morgan fingerprint density at radius 2 is 1.82 bits per heavy atom. The molecule has 180 valence electrons. The number of rotatable bonds is 9. The Morgan fingerprint density at radius 3 is 2.50 bits per heavy atom. The molecule has 2 aromatic carbocycles. The smallest absolute Gasteiger partial charge is 0.220 e. The van der Waals surface area contributed by atoms with Gasteiger partial charge in [-0.2, -0.15) is 0 Å². The van der Waals surface area contributed by atoms with Gasteiger partial charge in [0.05, 0.1) is 11.9 Å². The van der Waals surface area contributed by atoms with Crippen LogP contribution in [0, 0.1) is 0 Å². The largest absolute Gasteiger partial charge is 0.469 e. The summed E-state index contributed by atoms with van der Waals surface area (Å²) in [5.41, 5.74) is 1.88. The number of hydrogen-bond donors (Lipinski definition) is 1. The SMILES string of the molecule is CC1(C)CC(CC(=O)NCCC(Cc2ccccc2)c2ccco2)(c2ccc(Cl)cc2)CCO1. The summed E-state index contributed by atoms with van der Waals surface area (Å²) in [6, 6.07) is 22.3. The number of hydrogen-bond acceptors (Lipinski definition) is 3. The van der Waals surface area contributed by atoms with Gasteiger partial charge in [-0.3, -0.25) is 4.79 Å². The Bertz CT molecular complexity index is 1050. The van der Waals surface area contributed by atoms with E-state index in [-0.39, 0.29) is 22.8 Å². The van der Waals surface area contributed by atoms with Crippen LogP contribution < -0.4 is 5.32 Å². The summed E-state index contributed by atoms with van der Waals surface area (Å²) in [6.45, 7) is 5.45. The molecule has 2 atom stereocenters. The lowest BCUT2D eigenvalue weighted by Gasteiger charge is -2.45. The van der Waals surface area contributed by atoms with Gasteiger partial charge in [-0.1, -0.05) is 54.1 Å². The van der Waals surface area contributed by atoms with Gasteiger partial charge in [0.1, 0.15) is 5.76 Å². The van der Waals surface area contributed by atoms with Gasteiger partial charge in [0.25, 0.3) is 0 Å². The average molecular weight is 480 g/mol. The van der Waals surface area contributed by atoms with Gasteiger partial charge in [-0.25, -0.2) is 0 Å². The molecule has 1 N–H and O–H groups in total. The van der Waals surface area contributed by atoms with Crippen LogP contribution in [0.4, 0.5) is 0 Å². The van der Waals surface area contributed by atoms with E-state index in [2.05, 4.69) is 55.6 Å². The number of nitrogens with one attached hydrogen (secondary N) is 1. The van der Waals surface area contributed by atoms with Crippen LogP contribution in [0.2, 0.25) is 5.02 Å². The van der Waals surface area contributed by atoms with Crippen molar-refractivity contribution < 1.29 is 13.9 Å². The predicted molar refractivity (Wildman–Crippen MR) is 136 cm³/mol. The molecule has 4 nitrogen and oxygen atoms in total. The molecule has 1 amide bonds. The Balaban J connectivity index is 1.41. The minimum absolute atomic E-state index is 0.0746. The fraction of sp³-hybridized carbons (Fsp3) is 0.414. The number of ether oxygens (including phenoxy) is 1. The summed E-state index contributed by atoms with van der Waals surface area (Å²) in [5.74, 6) is 1.25. The van der Waals surface area contributed by atoms with Crippen LogP contribution in [-0.4, -0.2) is 24.7 Å². The van der Waals surface area contributed by atoms with Crippen molar-refractivity contribution in [2.75, 3.05) is 13.2 Å². The summed E-state index contributed by atoms with van der Waals surface area (Å²) in [4.78, 5) is 13.2. The van der Waals surface area contributed by atoms with Gasteiger partial charge in [0.15, 0.2) is 0 Å². The molecule has 3 aromatic rings. The molecule has 34 heavy (non-hydrogen) atoms. The van der Waals surface area contributed by atoms with Crippen molar-refractivity contribution in [3.8, 4) is 0 Å². The molecule has 4 rings (SSSR count). The molecule has 1 aliphatic heterocycles. The van der Waals surface area contributed by atoms with Crippen molar-refractivity contribution in [2.24, 2.45) is 0 Å². The molecular formula is C29H34ClNO3. The first-order valence-corrected chi connectivity index (χ1v) is 12.5. The van der Waals surface area contributed by atoms with E-state index in [1.165, 1.54) is 5.56 Å². The maximum Gasteiger partial charge on any atom is 0.220 e. The molecule has 0 saturated carbocycles. The zero-order valence-corrected chi connectivity index (χ0v) is 20.8. The molecule has 5 heteroatoms. The van der Waals surface area contributed by atoms with Crippen LogP contribution in [0.3, 0.4) is 0 Å². The van der Waals surface area contributed by atoms with E-state index in [0.29, 0.717) is 24.6 Å². The highest BCUT2D eigenvalue weighted by Crippen LogP contribution is 2.44. The Kier molecular flexibility index (Phi) is 7.80. The molecular weight excluding hydrogens is 446 g/mol. The number of halogens is 1. The molecule has 2 heterocycles. The Morgan fingerprint density at radius 1 is 1.06 bits per heavy atom. The molecule has 1 aliphatic rings. The van der Waals surface area contributed by atoms with E-state index in [1.54, 1.807) is 6.26 Å². The predicted octanol–water partition coefficient (Wildman–Crippen LogP) is 6.68. The second-order valence-electron chi connectivity index (χ2n) is 10.0. The van der Waals surface area contributed by atoms with Crippen LogP contribution >= 0.6 is 11.6 Å². The fourth-order valence-corrected chi connectivity index (χ4v) is 5.43. The summed E-state index contributed by atoms with van der Waals surface area (Å²) < 4.78 is 11.7. The van der Waals surface area contributed by atoms with Gasteiger partial charge in [-0.15, -0.1) is 0 Å². The van der Waals surface area contributed by atoms with Gasteiger partial charge < -0.3 is 14.5 Å². The normalized spacial score (nSPS) is 20.6. The van der Waals surface area contributed by atoms with Gasteiger partial charge >= 0.3 is 0 Å². The van der Waals surface area contributed by atoms with Crippen LogP contribution in [0.5, 0.6) is 0 Å². The molecule has 1 aromatic heterocycles. The molecule has 0 spiro atoms. The minimum atomic E-state index is -0.280. The summed E-state index contributed by atoms with van der Waals surface area (Å²) in [7, 11) is 0. The van der Waals surface area contributed by atoms with Crippen LogP contribution in [0.1, 0.15) is 62.3 Å². The van der Waals surface area contributed by atoms with Crippen molar-refractivity contribution in [1.29, 1.82) is 0 Å². The Labute approximate surface area is 207 Å². The van der Waals surface area contributed by atoms with Crippen LogP contribution in [-0.2, 0) is 21.4 Å². The van der Waals surface area contributed by atoms with E-state index in [0.717, 1.165) is 37.0 Å². The van der Waals surface area contributed by atoms with E-state index >= 15 is 0 Å². The fourth-order valence-electron chi connectivity index (χ4n) is 5.30. The third-order valence-corrected chi connectivity index (χ3v) is 7.13. The molecule has 0 bridgehead atoms. The monoisotopic (exact) mass is 479 g/mol. The zero-order valence-electron chi connectivity index (χ0n) is 20.1. The van der Waals surface area contributed by atoms with E-state index in [4.69, 9.17) is 20.8 Å². The highest BCUT2D eigenvalue weighted by molar-refractivity contribution is 6.30. The number of carbonyl (C=O) groups is 1. The first kappa shape index (κ1) is 24.6. The summed E-state index contributed by atoms with van der Waals surface area (Å²) >= 11 is 6.14. The maximum absolute atomic E-state index is 13.2. The van der Waals surface area contributed by atoms with Gasteiger partial charge in [-0.05, 0) is 74.9 Å². The third-order valence-electron chi connectivity index (χ3n) is 6.88. The highest BCUT2D eigenvalue weighted by Gasteiger charge is 2.43. The first-order valence-electron chi connectivity index (χ1n) is 12.1. The average Bonchev–Trinajstić information content (AvgIpc) is 3.34. The van der Waals surface area contributed by atoms with Gasteiger partial charge in [0, 0.05) is 35.9 Å². The van der Waals surface area contributed by atoms with Gasteiger partial charge in [0.2, 0.25) is 5.91 Å². The maximum atomic E-state index is 13.2. The number of benzene rings is 2. The second-order valence-corrected chi connectivity index (χ2v) is 10.5. The van der Waals surface area contributed by atoms with Crippen molar-refractivity contribution in [1.82, 2.24) is 5.32 Å². The van der Waals surface area contributed by atoms with Crippen molar-refractivity contribution in [3.05, 3.63) is 94.9 Å². The number of carbonyl (C=O) groups excluding carboxylic acids is 1.